The molecule has 8 heteroatoms. The van der Waals surface area contributed by atoms with Crippen molar-refractivity contribution in [2.24, 2.45) is 11.8 Å². The van der Waals surface area contributed by atoms with E-state index in [9.17, 15) is 19.2 Å². The van der Waals surface area contributed by atoms with Crippen molar-refractivity contribution >= 4 is 23.6 Å². The van der Waals surface area contributed by atoms with E-state index in [2.05, 4.69) is 21.3 Å². The van der Waals surface area contributed by atoms with Crippen molar-refractivity contribution in [1.82, 2.24) is 21.3 Å². The van der Waals surface area contributed by atoms with E-state index in [-0.39, 0.29) is 24.7 Å². The Morgan fingerprint density at radius 3 is 1.28 bits per heavy atom. The van der Waals surface area contributed by atoms with Gasteiger partial charge in [0.15, 0.2) is 0 Å². The number of nitrogens with one attached hydrogen (secondary N) is 4. The molecule has 1 aliphatic heterocycles. The first-order valence-corrected chi connectivity index (χ1v) is 12.4. The molecule has 4 N–H and O–H groups in total. The summed E-state index contributed by atoms with van der Waals surface area (Å²) in [5, 5.41) is 11.3. The highest BCUT2D eigenvalue weighted by Crippen LogP contribution is 2.12. The van der Waals surface area contributed by atoms with E-state index in [0.717, 1.165) is 11.1 Å². The lowest BCUT2D eigenvalue weighted by Crippen LogP contribution is -2.63. The van der Waals surface area contributed by atoms with Gasteiger partial charge in [0.2, 0.25) is 23.6 Å². The largest absolute Gasteiger partial charge is 0.342 e. The molecular formula is C28H36N4O4. The van der Waals surface area contributed by atoms with E-state index < -0.39 is 47.8 Å². The number of carbonyl (C=O) groups excluding carboxylic acids is 4. The molecule has 1 aliphatic rings. The Morgan fingerprint density at radius 2 is 0.861 bits per heavy atom. The summed E-state index contributed by atoms with van der Waals surface area (Å²) in [4.78, 5) is 53.4. The number of hydrogen-bond donors (Lipinski definition) is 4. The molecule has 3 rings (SSSR count). The van der Waals surface area contributed by atoms with Crippen molar-refractivity contribution in [1.29, 1.82) is 0 Å². The van der Waals surface area contributed by atoms with E-state index in [1.807, 2.05) is 88.4 Å². The van der Waals surface area contributed by atoms with E-state index in [4.69, 9.17) is 0 Å². The fraction of sp³-hybridized carbons (Fsp3) is 0.429. The van der Waals surface area contributed by atoms with Crippen molar-refractivity contribution in [3.8, 4) is 0 Å². The smallest absolute Gasteiger partial charge is 0.243 e. The SMILES string of the molecule is CC(C)[C@@H]1NC(=O)[C@@H](C(C)C)NC(=O)[C@H](Cc2ccccc2)NC(=O)[C@@H](Cc2ccccc2)NC1=O. The molecule has 0 radical (unpaired) electrons. The molecule has 36 heavy (non-hydrogen) atoms. The van der Waals surface area contributed by atoms with Crippen LogP contribution < -0.4 is 21.3 Å². The predicted octanol–water partition coefficient (Wildman–Crippen LogP) is 1.74. The molecule has 8 nitrogen and oxygen atoms in total. The Bertz CT molecular complexity index is 1010. The average molecular weight is 493 g/mol. The van der Waals surface area contributed by atoms with Crippen molar-refractivity contribution < 1.29 is 19.2 Å². The molecule has 1 heterocycles. The first kappa shape index (κ1) is 26.9. The second-order valence-electron chi connectivity index (χ2n) is 9.96. The summed E-state index contributed by atoms with van der Waals surface area (Å²) in [7, 11) is 0. The molecule has 0 bridgehead atoms. The Labute approximate surface area is 212 Å². The van der Waals surface area contributed by atoms with Crippen LogP contribution >= 0.6 is 0 Å². The summed E-state index contributed by atoms with van der Waals surface area (Å²) < 4.78 is 0. The number of amides is 4. The van der Waals surface area contributed by atoms with Crippen molar-refractivity contribution in [2.45, 2.75) is 64.7 Å². The van der Waals surface area contributed by atoms with Gasteiger partial charge in [0.1, 0.15) is 24.2 Å². The third kappa shape index (κ3) is 7.16. The lowest BCUT2D eigenvalue weighted by Gasteiger charge is -2.31. The highest BCUT2D eigenvalue weighted by molar-refractivity contribution is 5.97. The van der Waals surface area contributed by atoms with E-state index >= 15 is 0 Å². The van der Waals surface area contributed by atoms with Crippen LogP contribution in [0.25, 0.3) is 0 Å². The predicted molar refractivity (Wildman–Crippen MR) is 138 cm³/mol. The molecule has 4 atom stereocenters. The monoisotopic (exact) mass is 492 g/mol. The minimum Gasteiger partial charge on any atom is -0.342 e. The fourth-order valence-electron chi connectivity index (χ4n) is 4.22. The van der Waals surface area contributed by atoms with Crippen LogP contribution in [0.3, 0.4) is 0 Å². The van der Waals surface area contributed by atoms with Crippen LogP contribution in [-0.2, 0) is 32.0 Å². The van der Waals surface area contributed by atoms with E-state index in [1.165, 1.54) is 0 Å². The van der Waals surface area contributed by atoms with Crippen LogP contribution in [0.15, 0.2) is 60.7 Å². The number of carbonyl (C=O) groups is 4. The zero-order valence-corrected chi connectivity index (χ0v) is 21.3. The lowest BCUT2D eigenvalue weighted by atomic mass is 9.97. The zero-order valence-electron chi connectivity index (χ0n) is 21.3. The average Bonchev–Trinajstić information content (AvgIpc) is 2.84. The molecule has 0 unspecified atom stereocenters. The summed E-state index contributed by atoms with van der Waals surface area (Å²) >= 11 is 0. The second kappa shape index (κ2) is 12.3. The van der Waals surface area contributed by atoms with Gasteiger partial charge in [-0.05, 0) is 23.0 Å². The summed E-state index contributed by atoms with van der Waals surface area (Å²) in [5.74, 6) is -2.25. The minimum atomic E-state index is -0.926. The maximum atomic E-state index is 13.5. The first-order chi connectivity index (χ1) is 17.2. The van der Waals surface area contributed by atoms with Crippen LogP contribution in [0, 0.1) is 11.8 Å². The maximum Gasteiger partial charge on any atom is 0.243 e. The topological polar surface area (TPSA) is 116 Å². The molecule has 0 spiro atoms. The number of benzene rings is 2. The Kier molecular flexibility index (Phi) is 9.22. The van der Waals surface area contributed by atoms with Crippen molar-refractivity contribution in [3.05, 3.63) is 71.8 Å². The molecule has 1 saturated heterocycles. The van der Waals surface area contributed by atoms with Gasteiger partial charge in [-0.3, -0.25) is 19.2 Å². The minimum absolute atomic E-state index is 0.230. The molecule has 0 aliphatic carbocycles. The Morgan fingerprint density at radius 1 is 0.528 bits per heavy atom. The van der Waals surface area contributed by atoms with E-state index in [0.29, 0.717) is 0 Å². The van der Waals surface area contributed by atoms with Gasteiger partial charge in [-0.15, -0.1) is 0 Å². The second-order valence-corrected chi connectivity index (χ2v) is 9.96. The quantitative estimate of drug-likeness (QED) is 0.492. The van der Waals surface area contributed by atoms with Gasteiger partial charge >= 0.3 is 0 Å². The van der Waals surface area contributed by atoms with Crippen LogP contribution in [0.5, 0.6) is 0 Å². The van der Waals surface area contributed by atoms with Gasteiger partial charge in [-0.1, -0.05) is 88.4 Å². The van der Waals surface area contributed by atoms with Crippen LogP contribution in [-0.4, -0.2) is 47.8 Å². The Hall–Kier alpha value is -3.68. The molecular weight excluding hydrogens is 456 g/mol. The summed E-state index contributed by atoms with van der Waals surface area (Å²) in [5.41, 5.74) is 1.72. The summed E-state index contributed by atoms with van der Waals surface area (Å²) in [6, 6.07) is 15.1. The number of hydrogen-bond acceptors (Lipinski definition) is 4. The molecule has 1 fully saturated rings. The highest BCUT2D eigenvalue weighted by atomic mass is 16.2. The molecule has 2 aromatic carbocycles. The molecule has 2 aromatic rings. The summed E-state index contributed by atoms with van der Waals surface area (Å²) in [6.07, 6.45) is 0.483. The standard InChI is InChI=1S/C28H36N4O4/c1-17(2)23-27(35)30-21(15-19-11-7-5-8-12-19)25(33)29-22(16-20-13-9-6-10-14-20)26(34)31-24(18(3)4)28(36)32-23/h5-14,17-18,21-24H,15-16H2,1-4H3,(H,29,33)(H,30,35)(H,31,34)(H,32,36)/t21-,22+,23+,24-/m1/s1. The Balaban J connectivity index is 1.98. The zero-order chi connectivity index (χ0) is 26.2. The van der Waals surface area contributed by atoms with Crippen LogP contribution in [0.4, 0.5) is 0 Å². The van der Waals surface area contributed by atoms with Crippen LogP contribution in [0.2, 0.25) is 0 Å². The molecule has 0 saturated carbocycles. The van der Waals surface area contributed by atoms with Gasteiger partial charge in [0, 0.05) is 12.8 Å². The number of rotatable bonds is 6. The van der Waals surface area contributed by atoms with Crippen molar-refractivity contribution in [3.63, 3.8) is 0 Å². The molecule has 4 amide bonds. The third-order valence-corrected chi connectivity index (χ3v) is 6.33. The molecule has 192 valence electrons. The van der Waals surface area contributed by atoms with Gasteiger partial charge in [0.05, 0.1) is 0 Å². The first-order valence-electron chi connectivity index (χ1n) is 12.4. The van der Waals surface area contributed by atoms with Gasteiger partial charge in [-0.2, -0.15) is 0 Å². The highest BCUT2D eigenvalue weighted by Gasteiger charge is 2.36. The molecule has 0 aromatic heterocycles. The fourth-order valence-corrected chi connectivity index (χ4v) is 4.22. The van der Waals surface area contributed by atoms with Crippen LogP contribution in [0.1, 0.15) is 38.8 Å². The van der Waals surface area contributed by atoms with Crippen molar-refractivity contribution in [2.75, 3.05) is 0 Å². The third-order valence-electron chi connectivity index (χ3n) is 6.33. The van der Waals surface area contributed by atoms with E-state index in [1.54, 1.807) is 0 Å². The lowest BCUT2D eigenvalue weighted by molar-refractivity contribution is -0.137. The van der Waals surface area contributed by atoms with Gasteiger partial charge < -0.3 is 21.3 Å². The normalized spacial score (nSPS) is 23.7. The summed E-state index contributed by atoms with van der Waals surface area (Å²) in [6.45, 7) is 7.28. The van der Waals surface area contributed by atoms with Gasteiger partial charge in [-0.25, -0.2) is 0 Å². The maximum absolute atomic E-state index is 13.5. The van der Waals surface area contributed by atoms with Gasteiger partial charge in [0.25, 0.3) is 0 Å².